The smallest absolute Gasteiger partial charge is 0.295 e. The van der Waals surface area contributed by atoms with E-state index in [-0.39, 0.29) is 12.4 Å². The van der Waals surface area contributed by atoms with Crippen LogP contribution in [0.4, 0.5) is 5.82 Å². The second kappa shape index (κ2) is 6.50. The highest BCUT2D eigenvalue weighted by molar-refractivity contribution is 6.02. The fourth-order valence-electron chi connectivity index (χ4n) is 1.47. The lowest BCUT2D eigenvalue weighted by atomic mass is 10.3. The molecule has 0 aliphatic rings. The van der Waals surface area contributed by atoms with E-state index in [0.29, 0.717) is 23.5 Å². The molecule has 0 radical (unpaired) electrons. The molecular weight excluding hydrogens is 258 g/mol. The van der Waals surface area contributed by atoms with Gasteiger partial charge >= 0.3 is 0 Å². The summed E-state index contributed by atoms with van der Waals surface area (Å²) in [6.07, 6.45) is 1.86. The van der Waals surface area contributed by atoms with Gasteiger partial charge in [0.05, 0.1) is 12.8 Å². The van der Waals surface area contributed by atoms with E-state index < -0.39 is 5.91 Å². The van der Waals surface area contributed by atoms with Gasteiger partial charge in [-0.25, -0.2) is 4.98 Å². The van der Waals surface area contributed by atoms with Gasteiger partial charge in [0, 0.05) is 12.0 Å². The van der Waals surface area contributed by atoms with Gasteiger partial charge in [-0.3, -0.25) is 4.79 Å². The summed E-state index contributed by atoms with van der Waals surface area (Å²) in [7, 11) is 0. The minimum absolute atomic E-state index is 0.00813. The molecule has 0 atom stereocenters. The molecular formula is C14H13N3O3. The molecule has 0 saturated carbocycles. The highest BCUT2D eigenvalue weighted by atomic mass is 16.5. The molecule has 102 valence electrons. The number of anilines is 1. The van der Waals surface area contributed by atoms with Crippen LogP contribution in [-0.4, -0.2) is 27.8 Å². The van der Waals surface area contributed by atoms with Crippen molar-refractivity contribution < 1.29 is 14.4 Å². The number of aryl methyl sites for hydroxylation is 1. The van der Waals surface area contributed by atoms with E-state index >= 15 is 0 Å². The van der Waals surface area contributed by atoms with Crippen molar-refractivity contribution in [1.82, 2.24) is 10.1 Å². The van der Waals surface area contributed by atoms with Gasteiger partial charge in [0.15, 0.2) is 0 Å². The van der Waals surface area contributed by atoms with Gasteiger partial charge in [-0.2, -0.15) is 0 Å². The fourth-order valence-corrected chi connectivity index (χ4v) is 1.47. The fraction of sp³-hybridized carbons (Fsp3) is 0.214. The van der Waals surface area contributed by atoms with E-state index in [1.807, 2.05) is 0 Å². The van der Waals surface area contributed by atoms with E-state index in [9.17, 15) is 4.79 Å². The largest absolute Gasteiger partial charge is 0.395 e. The molecule has 0 saturated heterocycles. The normalized spacial score (nSPS) is 9.70. The molecule has 6 heteroatoms. The summed E-state index contributed by atoms with van der Waals surface area (Å²) in [5, 5.41) is 14.8. The van der Waals surface area contributed by atoms with Crippen molar-refractivity contribution in [1.29, 1.82) is 0 Å². The summed E-state index contributed by atoms with van der Waals surface area (Å²) in [6, 6.07) is 5.11. The third-order valence-electron chi connectivity index (χ3n) is 2.40. The van der Waals surface area contributed by atoms with Gasteiger partial charge in [-0.15, -0.1) is 0 Å². The van der Waals surface area contributed by atoms with Crippen molar-refractivity contribution in [2.24, 2.45) is 0 Å². The molecule has 0 unspecified atom stereocenters. The van der Waals surface area contributed by atoms with Crippen LogP contribution in [0.25, 0.3) is 0 Å². The molecule has 0 aliphatic carbocycles. The Morgan fingerprint density at radius 1 is 1.50 bits per heavy atom. The molecule has 0 bridgehead atoms. The van der Waals surface area contributed by atoms with Crippen LogP contribution in [-0.2, 0) is 0 Å². The second-order valence-electron chi connectivity index (χ2n) is 3.98. The zero-order chi connectivity index (χ0) is 14.4. The van der Waals surface area contributed by atoms with E-state index in [4.69, 9.17) is 9.63 Å². The highest BCUT2D eigenvalue weighted by Gasteiger charge is 2.14. The summed E-state index contributed by atoms with van der Waals surface area (Å²) >= 11 is 0. The van der Waals surface area contributed by atoms with Gasteiger partial charge in [0.25, 0.3) is 5.91 Å². The monoisotopic (exact) mass is 271 g/mol. The Kier molecular flexibility index (Phi) is 4.47. The minimum Gasteiger partial charge on any atom is -0.395 e. The first-order valence-electron chi connectivity index (χ1n) is 6.00. The third kappa shape index (κ3) is 3.43. The van der Waals surface area contributed by atoms with E-state index in [1.54, 1.807) is 25.1 Å². The van der Waals surface area contributed by atoms with E-state index in [1.165, 1.54) is 6.20 Å². The number of aromatic nitrogens is 2. The molecule has 2 aromatic heterocycles. The average molecular weight is 271 g/mol. The maximum absolute atomic E-state index is 11.9. The molecule has 0 fully saturated rings. The van der Waals surface area contributed by atoms with Crippen molar-refractivity contribution in [2.45, 2.75) is 13.3 Å². The number of carbonyl (C=O) groups excluding carboxylic acids is 1. The zero-order valence-electron chi connectivity index (χ0n) is 10.9. The van der Waals surface area contributed by atoms with Crippen molar-refractivity contribution in [3.8, 4) is 11.8 Å². The number of nitrogens with zero attached hydrogens (tertiary/aromatic N) is 2. The van der Waals surface area contributed by atoms with Crippen molar-refractivity contribution in [2.75, 3.05) is 11.9 Å². The topological polar surface area (TPSA) is 88.2 Å². The van der Waals surface area contributed by atoms with Gasteiger partial charge < -0.3 is 14.9 Å². The summed E-state index contributed by atoms with van der Waals surface area (Å²) in [6.45, 7) is 1.74. The Bertz CT molecular complexity index is 668. The molecule has 0 spiro atoms. The van der Waals surface area contributed by atoms with Gasteiger partial charge in [-0.05, 0) is 25.0 Å². The number of hydrogen-bond donors (Lipinski definition) is 2. The summed E-state index contributed by atoms with van der Waals surface area (Å²) in [5.41, 5.74) is 1.17. The predicted molar refractivity (Wildman–Crippen MR) is 72.0 cm³/mol. The first kappa shape index (κ1) is 13.8. The lowest BCUT2D eigenvalue weighted by Gasteiger charge is -2.02. The summed E-state index contributed by atoms with van der Waals surface area (Å²) in [5.74, 6) is 5.69. The Labute approximate surface area is 115 Å². The zero-order valence-corrected chi connectivity index (χ0v) is 10.9. The van der Waals surface area contributed by atoms with Crippen molar-refractivity contribution in [3.63, 3.8) is 0 Å². The van der Waals surface area contributed by atoms with E-state index in [2.05, 4.69) is 27.3 Å². The summed E-state index contributed by atoms with van der Waals surface area (Å²) in [4.78, 5) is 16.1. The Morgan fingerprint density at radius 2 is 2.35 bits per heavy atom. The van der Waals surface area contributed by atoms with Crippen LogP contribution < -0.4 is 5.32 Å². The van der Waals surface area contributed by atoms with Crippen LogP contribution in [0.3, 0.4) is 0 Å². The maximum Gasteiger partial charge on any atom is 0.295 e. The Hall–Kier alpha value is -2.65. The van der Waals surface area contributed by atoms with Gasteiger partial charge in [-0.1, -0.05) is 17.1 Å². The predicted octanol–water partition coefficient (Wildman–Crippen LogP) is 1.36. The molecule has 20 heavy (non-hydrogen) atoms. The van der Waals surface area contributed by atoms with Crippen LogP contribution in [0.5, 0.6) is 0 Å². The number of pyridine rings is 1. The number of rotatable bonds is 3. The van der Waals surface area contributed by atoms with Crippen LogP contribution in [0.15, 0.2) is 28.9 Å². The average Bonchev–Trinajstić information content (AvgIpc) is 2.86. The lowest BCUT2D eigenvalue weighted by molar-refractivity contribution is 0.0986. The number of aliphatic hydroxyl groups is 1. The molecule has 1 amide bonds. The van der Waals surface area contributed by atoms with Crippen LogP contribution >= 0.6 is 0 Å². The summed E-state index contributed by atoms with van der Waals surface area (Å²) < 4.78 is 4.86. The van der Waals surface area contributed by atoms with Crippen LogP contribution in [0.2, 0.25) is 0 Å². The number of aliphatic hydroxyl groups excluding tert-OH is 1. The first-order valence-corrected chi connectivity index (χ1v) is 6.00. The Morgan fingerprint density at radius 3 is 3.05 bits per heavy atom. The lowest BCUT2D eigenvalue weighted by Crippen LogP contribution is -2.13. The van der Waals surface area contributed by atoms with Crippen molar-refractivity contribution in [3.05, 3.63) is 41.4 Å². The molecule has 0 aliphatic heterocycles. The number of hydrogen-bond acceptors (Lipinski definition) is 5. The standard InChI is InChI=1S/C14H13N3O3/c1-10-9-15-20-13(10)14(19)17-12-7-4-6-11(16-12)5-2-3-8-18/h4,6-7,9,18H,3,8H2,1H3,(H,16,17,19). The maximum atomic E-state index is 11.9. The second-order valence-corrected chi connectivity index (χ2v) is 3.98. The van der Waals surface area contributed by atoms with Gasteiger partial charge in [0.1, 0.15) is 11.5 Å². The number of amides is 1. The molecule has 2 heterocycles. The highest BCUT2D eigenvalue weighted by Crippen LogP contribution is 2.10. The third-order valence-corrected chi connectivity index (χ3v) is 2.40. The SMILES string of the molecule is Cc1cnoc1C(=O)Nc1cccc(C#CCCO)n1. The molecule has 2 aromatic rings. The quantitative estimate of drug-likeness (QED) is 0.823. The first-order chi connectivity index (χ1) is 9.70. The molecule has 2 rings (SSSR count). The van der Waals surface area contributed by atoms with E-state index in [0.717, 1.165) is 0 Å². The minimum atomic E-state index is -0.409. The Balaban J connectivity index is 2.11. The molecule has 0 aromatic carbocycles. The molecule has 2 N–H and O–H groups in total. The van der Waals surface area contributed by atoms with Crippen molar-refractivity contribution >= 4 is 11.7 Å². The molecule has 6 nitrogen and oxygen atoms in total. The number of nitrogens with one attached hydrogen (secondary N) is 1. The van der Waals surface area contributed by atoms with Gasteiger partial charge in [0.2, 0.25) is 5.76 Å². The van der Waals surface area contributed by atoms with Crippen LogP contribution in [0, 0.1) is 18.8 Å². The number of carbonyl (C=O) groups is 1. The van der Waals surface area contributed by atoms with Crippen LogP contribution in [0.1, 0.15) is 28.2 Å².